The Morgan fingerprint density at radius 1 is 1.80 bits per heavy atom. The van der Waals surface area contributed by atoms with Crippen LogP contribution < -0.4 is 0 Å². The molecule has 0 saturated carbocycles. The van der Waals surface area contributed by atoms with Gasteiger partial charge < -0.3 is 9.05 Å². The van der Waals surface area contributed by atoms with Crippen molar-refractivity contribution in [2.75, 3.05) is 13.3 Å². The van der Waals surface area contributed by atoms with E-state index in [1.165, 1.54) is 0 Å². The molecule has 2 atom stereocenters. The highest BCUT2D eigenvalue weighted by atomic mass is 32.5. The van der Waals surface area contributed by atoms with Gasteiger partial charge in [-0.3, -0.25) is 0 Å². The molecule has 1 aliphatic heterocycles. The summed E-state index contributed by atoms with van der Waals surface area (Å²) in [5, 5.41) is 0. The van der Waals surface area contributed by atoms with Crippen LogP contribution in [0.2, 0.25) is 0 Å². The van der Waals surface area contributed by atoms with Gasteiger partial charge in [0.15, 0.2) is 6.49 Å². The predicted molar refractivity (Wildman–Crippen MR) is 44.5 cm³/mol. The fourth-order valence-electron chi connectivity index (χ4n) is 0.754. The van der Waals surface area contributed by atoms with Crippen molar-refractivity contribution in [3.63, 3.8) is 0 Å². The molecule has 4 heteroatoms. The number of terminal acetylenes is 1. The molecule has 0 aromatic carbocycles. The van der Waals surface area contributed by atoms with E-state index in [9.17, 15) is 0 Å². The molecule has 2 nitrogen and oxygen atoms in total. The molecule has 56 valence electrons. The Hall–Kier alpha value is 0.130. The molecule has 1 aliphatic rings. The van der Waals surface area contributed by atoms with Crippen LogP contribution in [0.15, 0.2) is 0 Å². The zero-order valence-electron chi connectivity index (χ0n) is 5.74. The zero-order chi connectivity index (χ0) is 7.61. The van der Waals surface area contributed by atoms with Gasteiger partial charge in [0.25, 0.3) is 0 Å². The van der Waals surface area contributed by atoms with E-state index >= 15 is 0 Å². The maximum Gasteiger partial charge on any atom is 0.186 e. The van der Waals surface area contributed by atoms with Crippen molar-refractivity contribution in [2.45, 2.75) is 12.5 Å². The van der Waals surface area contributed by atoms with Gasteiger partial charge in [-0.15, -0.1) is 6.42 Å². The van der Waals surface area contributed by atoms with Crippen LogP contribution in [0.5, 0.6) is 0 Å². The van der Waals surface area contributed by atoms with E-state index in [0.29, 0.717) is 6.61 Å². The summed E-state index contributed by atoms with van der Waals surface area (Å²) in [4.78, 5) is 0. The van der Waals surface area contributed by atoms with Crippen LogP contribution in [0.25, 0.3) is 0 Å². The molecule has 1 saturated heterocycles. The van der Waals surface area contributed by atoms with E-state index in [4.69, 9.17) is 27.3 Å². The molecular formula is C6H9O2PS. The molecule has 0 aliphatic carbocycles. The fraction of sp³-hybridized carbons (Fsp3) is 0.667. The normalized spacial score (nSPS) is 40.6. The minimum atomic E-state index is -1.97. The lowest BCUT2D eigenvalue weighted by atomic mass is 10.3. The Bertz CT molecular complexity index is 208. The van der Waals surface area contributed by atoms with Crippen molar-refractivity contribution < 1.29 is 9.05 Å². The van der Waals surface area contributed by atoms with Crippen LogP contribution in [0, 0.1) is 12.3 Å². The van der Waals surface area contributed by atoms with E-state index in [-0.39, 0.29) is 6.10 Å². The minimum Gasteiger partial charge on any atom is -0.329 e. The van der Waals surface area contributed by atoms with Crippen LogP contribution in [-0.4, -0.2) is 19.4 Å². The quantitative estimate of drug-likeness (QED) is 0.410. The average Bonchev–Trinajstić information content (AvgIpc) is 1.86. The molecule has 0 radical (unpaired) electrons. The van der Waals surface area contributed by atoms with E-state index in [0.717, 1.165) is 6.42 Å². The third kappa shape index (κ3) is 2.07. The van der Waals surface area contributed by atoms with Gasteiger partial charge in [0, 0.05) is 13.1 Å². The van der Waals surface area contributed by atoms with Crippen molar-refractivity contribution in [3.05, 3.63) is 0 Å². The summed E-state index contributed by atoms with van der Waals surface area (Å²) in [5.41, 5.74) is 0. The van der Waals surface area contributed by atoms with E-state index in [2.05, 4.69) is 5.92 Å². The largest absolute Gasteiger partial charge is 0.329 e. The summed E-state index contributed by atoms with van der Waals surface area (Å²) in [6.45, 7) is 0.471. The summed E-state index contributed by atoms with van der Waals surface area (Å²) in [6.07, 6.45) is 5.81. The summed E-state index contributed by atoms with van der Waals surface area (Å²) in [5.74, 6) is 2.52. The lowest BCUT2D eigenvalue weighted by Gasteiger charge is -2.26. The molecule has 1 heterocycles. The molecule has 10 heavy (non-hydrogen) atoms. The topological polar surface area (TPSA) is 18.5 Å². The van der Waals surface area contributed by atoms with Gasteiger partial charge in [-0.25, -0.2) is 0 Å². The molecule has 0 amide bonds. The monoisotopic (exact) mass is 176 g/mol. The maximum absolute atomic E-state index is 5.29. The molecule has 0 aromatic heterocycles. The first-order chi connectivity index (χ1) is 4.64. The summed E-state index contributed by atoms with van der Waals surface area (Å²) < 4.78 is 10.5. The maximum atomic E-state index is 5.29. The second kappa shape index (κ2) is 3.02. The van der Waals surface area contributed by atoms with Crippen molar-refractivity contribution >= 4 is 18.3 Å². The molecule has 2 unspecified atom stereocenters. The molecule has 1 rings (SSSR count). The number of hydrogen-bond donors (Lipinski definition) is 0. The van der Waals surface area contributed by atoms with Gasteiger partial charge >= 0.3 is 0 Å². The third-order valence-electron chi connectivity index (χ3n) is 1.21. The molecule has 0 bridgehead atoms. The van der Waals surface area contributed by atoms with Crippen molar-refractivity contribution in [1.82, 2.24) is 0 Å². The van der Waals surface area contributed by atoms with E-state index in [1.54, 1.807) is 6.66 Å². The van der Waals surface area contributed by atoms with E-state index in [1.807, 2.05) is 0 Å². The summed E-state index contributed by atoms with van der Waals surface area (Å²) >= 11 is 5.01. The van der Waals surface area contributed by atoms with Gasteiger partial charge in [-0.1, -0.05) is 5.92 Å². The summed E-state index contributed by atoms with van der Waals surface area (Å²) in [7, 11) is 0. The minimum absolute atomic E-state index is 0.121. The van der Waals surface area contributed by atoms with Crippen LogP contribution >= 0.6 is 6.49 Å². The average molecular weight is 176 g/mol. The van der Waals surface area contributed by atoms with Crippen molar-refractivity contribution in [3.8, 4) is 12.3 Å². The van der Waals surface area contributed by atoms with Crippen molar-refractivity contribution in [1.29, 1.82) is 0 Å². The number of rotatable bonds is 0. The Morgan fingerprint density at radius 2 is 2.50 bits per heavy atom. The molecule has 0 aromatic rings. The van der Waals surface area contributed by atoms with Gasteiger partial charge in [0.2, 0.25) is 0 Å². The first kappa shape index (κ1) is 8.23. The third-order valence-corrected chi connectivity index (χ3v) is 3.07. The van der Waals surface area contributed by atoms with Gasteiger partial charge in [0.05, 0.1) is 6.61 Å². The Morgan fingerprint density at radius 3 is 2.90 bits per heavy atom. The van der Waals surface area contributed by atoms with Crippen LogP contribution in [0.1, 0.15) is 6.42 Å². The lowest BCUT2D eigenvalue weighted by Crippen LogP contribution is -2.17. The first-order valence-electron chi connectivity index (χ1n) is 3.00. The second-order valence-corrected chi connectivity index (χ2v) is 6.16. The SMILES string of the molecule is C#CC1CCOP(C)(=S)O1. The Balaban J connectivity index is 2.58. The van der Waals surface area contributed by atoms with Crippen molar-refractivity contribution in [2.24, 2.45) is 0 Å². The Labute approximate surface area is 66.1 Å². The van der Waals surface area contributed by atoms with Gasteiger partial charge in [0.1, 0.15) is 6.10 Å². The molecular weight excluding hydrogens is 167 g/mol. The zero-order valence-corrected chi connectivity index (χ0v) is 7.45. The second-order valence-electron chi connectivity index (χ2n) is 2.15. The number of hydrogen-bond acceptors (Lipinski definition) is 3. The van der Waals surface area contributed by atoms with Crippen LogP contribution in [-0.2, 0) is 20.9 Å². The molecule has 1 fully saturated rings. The highest BCUT2D eigenvalue weighted by molar-refractivity contribution is 8.09. The highest BCUT2D eigenvalue weighted by Gasteiger charge is 2.22. The summed E-state index contributed by atoms with van der Waals surface area (Å²) in [6, 6.07) is 0. The van der Waals surface area contributed by atoms with Crippen LogP contribution in [0.3, 0.4) is 0 Å². The smallest absolute Gasteiger partial charge is 0.186 e. The van der Waals surface area contributed by atoms with Gasteiger partial charge in [-0.05, 0) is 11.8 Å². The van der Waals surface area contributed by atoms with Crippen LogP contribution in [0.4, 0.5) is 0 Å². The molecule has 0 N–H and O–H groups in total. The highest BCUT2D eigenvalue weighted by Crippen LogP contribution is 2.48. The van der Waals surface area contributed by atoms with Gasteiger partial charge in [-0.2, -0.15) is 0 Å². The Kier molecular flexibility index (Phi) is 2.49. The first-order valence-corrected chi connectivity index (χ1v) is 6.09. The molecule has 0 spiro atoms. The standard InChI is InChI=1S/C6H9O2PS/c1-3-6-4-5-7-9(2,10)8-6/h1,6H,4-5H2,2H3. The fourth-order valence-corrected chi connectivity index (χ4v) is 2.42. The lowest BCUT2D eigenvalue weighted by molar-refractivity contribution is 0.144. The van der Waals surface area contributed by atoms with E-state index < -0.39 is 6.49 Å². The predicted octanol–water partition coefficient (Wildman–Crippen LogP) is 1.36.